The summed E-state index contributed by atoms with van der Waals surface area (Å²) in [5.74, 6) is 0.0838. The minimum absolute atomic E-state index is 0.0299. The number of quaternary nitrogens is 1. The van der Waals surface area contributed by atoms with E-state index in [9.17, 15) is 4.79 Å². The molecule has 2 aromatic carbocycles. The Morgan fingerprint density at radius 3 is 2.85 bits per heavy atom. The number of amides is 1. The van der Waals surface area contributed by atoms with Crippen LogP contribution >= 0.6 is 22.9 Å². The Kier molecular flexibility index (Phi) is 5.43. The SMILES string of the molecule is C[C@H](NC(=O)C[NH+]1CCC[C@@H]1c1nc2ccccc2s1)c1ccc(Cl)cc1. The van der Waals surface area contributed by atoms with E-state index >= 15 is 0 Å². The molecule has 0 aliphatic carbocycles. The zero-order valence-electron chi connectivity index (χ0n) is 15.2. The number of carbonyl (C=O) groups excluding carboxylic acids is 1. The predicted molar refractivity (Wildman–Crippen MR) is 110 cm³/mol. The molecule has 1 aliphatic heterocycles. The first kappa shape index (κ1) is 18.4. The van der Waals surface area contributed by atoms with Gasteiger partial charge in [-0.25, -0.2) is 4.98 Å². The molecule has 3 aromatic rings. The second-order valence-corrected chi connectivity index (χ2v) is 8.64. The van der Waals surface area contributed by atoms with Crippen LogP contribution in [0, 0.1) is 0 Å². The third kappa shape index (κ3) is 4.15. The van der Waals surface area contributed by atoms with Crippen LogP contribution in [0.1, 0.15) is 42.4 Å². The topological polar surface area (TPSA) is 46.4 Å². The maximum absolute atomic E-state index is 12.6. The summed E-state index contributed by atoms with van der Waals surface area (Å²) in [5, 5.41) is 4.98. The standard InChI is InChI=1S/C21H22ClN3OS/c1-14(15-8-10-16(22)11-9-15)23-20(26)13-25-12-4-6-18(25)21-24-17-5-2-3-7-19(17)27-21/h2-3,5,7-11,14,18H,4,6,12-13H2,1H3,(H,23,26)/p+1/t14-,18+/m0/s1. The summed E-state index contributed by atoms with van der Waals surface area (Å²) in [6, 6.07) is 16.2. The Balaban J connectivity index is 1.41. The molecule has 1 saturated heterocycles. The zero-order valence-corrected chi connectivity index (χ0v) is 16.8. The van der Waals surface area contributed by atoms with Crippen molar-refractivity contribution in [3.05, 3.63) is 64.1 Å². The van der Waals surface area contributed by atoms with Gasteiger partial charge in [0.15, 0.2) is 11.6 Å². The first-order valence-corrected chi connectivity index (χ1v) is 10.5. The molecule has 6 heteroatoms. The van der Waals surface area contributed by atoms with E-state index in [-0.39, 0.29) is 11.9 Å². The van der Waals surface area contributed by atoms with Crippen molar-refractivity contribution in [2.45, 2.75) is 31.8 Å². The zero-order chi connectivity index (χ0) is 18.8. The fourth-order valence-electron chi connectivity index (χ4n) is 3.79. The molecular weight excluding hydrogens is 378 g/mol. The van der Waals surface area contributed by atoms with Gasteiger partial charge in [0.1, 0.15) is 6.04 Å². The fourth-order valence-corrected chi connectivity index (χ4v) is 5.08. The van der Waals surface area contributed by atoms with E-state index in [4.69, 9.17) is 16.6 Å². The monoisotopic (exact) mass is 400 g/mol. The second kappa shape index (κ2) is 7.97. The van der Waals surface area contributed by atoms with Crippen LogP contribution in [-0.4, -0.2) is 24.0 Å². The van der Waals surface area contributed by atoms with E-state index in [0.29, 0.717) is 17.6 Å². The van der Waals surface area contributed by atoms with Crippen molar-refractivity contribution in [3.8, 4) is 0 Å². The van der Waals surface area contributed by atoms with Crippen LogP contribution < -0.4 is 10.2 Å². The van der Waals surface area contributed by atoms with Crippen molar-refractivity contribution in [1.82, 2.24) is 10.3 Å². The lowest BCUT2D eigenvalue weighted by molar-refractivity contribution is -0.910. The van der Waals surface area contributed by atoms with Gasteiger partial charge >= 0.3 is 0 Å². The highest BCUT2D eigenvalue weighted by Gasteiger charge is 2.34. The molecule has 1 amide bonds. The maximum atomic E-state index is 12.6. The average Bonchev–Trinajstić information content (AvgIpc) is 3.28. The first-order chi connectivity index (χ1) is 13.1. The van der Waals surface area contributed by atoms with Crippen molar-refractivity contribution in [3.63, 3.8) is 0 Å². The van der Waals surface area contributed by atoms with Gasteiger partial charge < -0.3 is 10.2 Å². The summed E-state index contributed by atoms with van der Waals surface area (Å²) in [6.07, 6.45) is 2.23. The molecule has 2 heterocycles. The number of para-hydroxylation sites is 1. The molecule has 27 heavy (non-hydrogen) atoms. The number of nitrogens with zero attached hydrogens (tertiary/aromatic N) is 1. The largest absolute Gasteiger partial charge is 0.345 e. The Morgan fingerprint density at radius 2 is 2.07 bits per heavy atom. The lowest BCUT2D eigenvalue weighted by atomic mass is 10.1. The summed E-state index contributed by atoms with van der Waals surface area (Å²) in [5.41, 5.74) is 2.12. The molecule has 0 spiro atoms. The second-order valence-electron chi connectivity index (χ2n) is 7.14. The van der Waals surface area contributed by atoms with Crippen LogP contribution in [0.3, 0.4) is 0 Å². The van der Waals surface area contributed by atoms with Crippen LogP contribution in [0.2, 0.25) is 5.02 Å². The van der Waals surface area contributed by atoms with E-state index in [1.54, 1.807) is 11.3 Å². The third-order valence-corrected chi connectivity index (χ3v) is 6.63. The minimum atomic E-state index is -0.0299. The number of nitrogens with one attached hydrogen (secondary N) is 2. The molecule has 1 unspecified atom stereocenters. The molecule has 1 fully saturated rings. The van der Waals surface area contributed by atoms with Crippen molar-refractivity contribution in [2.24, 2.45) is 0 Å². The van der Waals surface area contributed by atoms with Crippen LogP contribution in [0.25, 0.3) is 10.2 Å². The van der Waals surface area contributed by atoms with Gasteiger partial charge in [0.05, 0.1) is 22.8 Å². The molecular formula is C21H23ClN3OS+. The van der Waals surface area contributed by atoms with E-state index in [0.717, 1.165) is 35.5 Å². The van der Waals surface area contributed by atoms with Gasteiger partial charge in [-0.15, -0.1) is 11.3 Å². The summed E-state index contributed by atoms with van der Waals surface area (Å²) < 4.78 is 1.22. The number of carbonyl (C=O) groups is 1. The Labute approximate surface area is 168 Å². The van der Waals surface area contributed by atoms with E-state index in [1.807, 2.05) is 37.3 Å². The highest BCUT2D eigenvalue weighted by Crippen LogP contribution is 2.28. The molecule has 0 bridgehead atoms. The molecule has 4 rings (SSSR count). The number of rotatable bonds is 5. The maximum Gasteiger partial charge on any atom is 0.275 e. The van der Waals surface area contributed by atoms with Crippen LogP contribution in [-0.2, 0) is 4.79 Å². The summed E-state index contributed by atoms with van der Waals surface area (Å²) in [7, 11) is 0. The van der Waals surface area contributed by atoms with E-state index in [1.165, 1.54) is 9.60 Å². The Hall–Kier alpha value is -1.95. The van der Waals surface area contributed by atoms with Gasteiger partial charge in [0, 0.05) is 17.9 Å². The van der Waals surface area contributed by atoms with Crippen molar-refractivity contribution in [1.29, 1.82) is 0 Å². The van der Waals surface area contributed by atoms with Gasteiger partial charge in [0.2, 0.25) is 0 Å². The van der Waals surface area contributed by atoms with Gasteiger partial charge in [0.25, 0.3) is 5.91 Å². The lowest BCUT2D eigenvalue weighted by Crippen LogP contribution is -3.11. The van der Waals surface area contributed by atoms with Crippen LogP contribution in [0.5, 0.6) is 0 Å². The van der Waals surface area contributed by atoms with Crippen molar-refractivity contribution < 1.29 is 9.69 Å². The van der Waals surface area contributed by atoms with E-state index < -0.39 is 0 Å². The van der Waals surface area contributed by atoms with Gasteiger partial charge in [-0.1, -0.05) is 35.9 Å². The average molecular weight is 401 g/mol. The molecule has 2 N–H and O–H groups in total. The minimum Gasteiger partial charge on any atom is -0.345 e. The van der Waals surface area contributed by atoms with E-state index in [2.05, 4.69) is 23.5 Å². The van der Waals surface area contributed by atoms with Crippen LogP contribution in [0.15, 0.2) is 48.5 Å². The molecule has 4 nitrogen and oxygen atoms in total. The number of likely N-dealkylation sites (tertiary alicyclic amines) is 1. The number of halogens is 1. The molecule has 1 aromatic heterocycles. The Bertz CT molecular complexity index is 907. The fraction of sp³-hybridized carbons (Fsp3) is 0.333. The smallest absolute Gasteiger partial charge is 0.275 e. The Morgan fingerprint density at radius 1 is 1.30 bits per heavy atom. The van der Waals surface area contributed by atoms with Crippen molar-refractivity contribution in [2.75, 3.05) is 13.1 Å². The number of benzene rings is 2. The van der Waals surface area contributed by atoms with Crippen molar-refractivity contribution >= 4 is 39.1 Å². The van der Waals surface area contributed by atoms with Gasteiger partial charge in [-0.05, 0) is 36.8 Å². The number of aromatic nitrogens is 1. The summed E-state index contributed by atoms with van der Waals surface area (Å²) >= 11 is 7.70. The number of hydrogen-bond donors (Lipinski definition) is 2. The highest BCUT2D eigenvalue weighted by atomic mass is 35.5. The molecule has 140 valence electrons. The first-order valence-electron chi connectivity index (χ1n) is 9.35. The van der Waals surface area contributed by atoms with Crippen LogP contribution in [0.4, 0.5) is 0 Å². The summed E-state index contributed by atoms with van der Waals surface area (Å²) in [6.45, 7) is 3.51. The number of thiazole rings is 1. The van der Waals surface area contributed by atoms with Gasteiger partial charge in [-0.2, -0.15) is 0 Å². The molecule has 0 saturated carbocycles. The molecule has 3 atom stereocenters. The molecule has 1 aliphatic rings. The van der Waals surface area contributed by atoms with Gasteiger partial charge in [-0.3, -0.25) is 4.79 Å². The number of hydrogen-bond acceptors (Lipinski definition) is 3. The summed E-state index contributed by atoms with van der Waals surface area (Å²) in [4.78, 5) is 18.8. The third-order valence-electron chi connectivity index (χ3n) is 5.23. The predicted octanol–water partition coefficient (Wildman–Crippen LogP) is 3.55. The number of fused-ring (bicyclic) bond motifs is 1. The molecule has 0 radical (unpaired) electrons. The quantitative estimate of drug-likeness (QED) is 0.688. The lowest BCUT2D eigenvalue weighted by Gasteiger charge is -2.21. The normalized spacial score (nSPS) is 20.7. The highest BCUT2D eigenvalue weighted by molar-refractivity contribution is 7.18.